The van der Waals surface area contributed by atoms with Crippen LogP contribution in [-0.4, -0.2) is 19.8 Å². The van der Waals surface area contributed by atoms with Gasteiger partial charge in [0.25, 0.3) is 0 Å². The molecule has 0 radical (unpaired) electrons. The monoisotopic (exact) mass is 350 g/mol. The largest absolute Gasteiger partial charge is 0.488 e. The van der Waals surface area contributed by atoms with Crippen molar-refractivity contribution in [1.82, 2.24) is 0 Å². The van der Waals surface area contributed by atoms with Crippen LogP contribution in [0.5, 0.6) is 5.75 Å². The zero-order valence-corrected chi connectivity index (χ0v) is 15.5. The standard InChI is InChI=1S/C22H23O2P/c1-18(17-23-2)24-19-13-15-22(16-14-19)25(20-9-5-3-6-10-20)21-11-7-4-8-12-21/h3-16,18H,17H2,1-2H3. The van der Waals surface area contributed by atoms with Crippen molar-refractivity contribution in [2.45, 2.75) is 13.0 Å². The summed E-state index contributed by atoms with van der Waals surface area (Å²) in [4.78, 5) is 0. The van der Waals surface area contributed by atoms with Crippen LogP contribution in [0, 0.1) is 0 Å². The zero-order chi connectivity index (χ0) is 17.5. The minimum Gasteiger partial charge on any atom is -0.488 e. The summed E-state index contributed by atoms with van der Waals surface area (Å²) in [6.45, 7) is 2.60. The highest BCUT2D eigenvalue weighted by atomic mass is 31.1. The molecule has 3 heteroatoms. The van der Waals surface area contributed by atoms with E-state index in [1.807, 2.05) is 6.92 Å². The van der Waals surface area contributed by atoms with E-state index in [1.54, 1.807) is 7.11 Å². The van der Waals surface area contributed by atoms with E-state index >= 15 is 0 Å². The molecule has 1 atom stereocenters. The number of hydrogen-bond donors (Lipinski definition) is 0. The summed E-state index contributed by atoms with van der Waals surface area (Å²) >= 11 is 0. The predicted octanol–water partition coefficient (Wildman–Crippen LogP) is 3.86. The molecule has 25 heavy (non-hydrogen) atoms. The van der Waals surface area contributed by atoms with E-state index < -0.39 is 7.92 Å². The minimum absolute atomic E-state index is 0.0422. The molecule has 0 saturated carbocycles. The van der Waals surface area contributed by atoms with Crippen LogP contribution in [0.2, 0.25) is 0 Å². The second-order valence-corrected chi connectivity index (χ2v) is 8.10. The summed E-state index contributed by atoms with van der Waals surface area (Å²) in [5.41, 5.74) is 0. The smallest absolute Gasteiger partial charge is 0.119 e. The van der Waals surface area contributed by atoms with Gasteiger partial charge < -0.3 is 9.47 Å². The Bertz CT molecular complexity index is 718. The van der Waals surface area contributed by atoms with Crippen LogP contribution in [0.25, 0.3) is 0 Å². The van der Waals surface area contributed by atoms with Gasteiger partial charge in [0.2, 0.25) is 0 Å². The van der Waals surface area contributed by atoms with Crippen molar-refractivity contribution in [1.29, 1.82) is 0 Å². The zero-order valence-electron chi connectivity index (χ0n) is 14.6. The Labute approximate surface area is 151 Å². The Morgan fingerprint density at radius 2 is 1.20 bits per heavy atom. The molecule has 0 saturated heterocycles. The highest BCUT2D eigenvalue weighted by Crippen LogP contribution is 2.33. The van der Waals surface area contributed by atoms with Gasteiger partial charge in [0, 0.05) is 7.11 Å². The maximum absolute atomic E-state index is 5.88. The molecule has 128 valence electrons. The first-order valence-electron chi connectivity index (χ1n) is 8.44. The summed E-state index contributed by atoms with van der Waals surface area (Å²) in [6, 6.07) is 29.9. The lowest BCUT2D eigenvalue weighted by Gasteiger charge is -2.20. The molecule has 0 aromatic heterocycles. The van der Waals surface area contributed by atoms with Crippen molar-refractivity contribution < 1.29 is 9.47 Å². The van der Waals surface area contributed by atoms with E-state index in [2.05, 4.69) is 84.9 Å². The molecular formula is C22H23O2P. The maximum Gasteiger partial charge on any atom is 0.119 e. The fraction of sp³-hybridized carbons (Fsp3) is 0.182. The van der Waals surface area contributed by atoms with E-state index in [0.717, 1.165) is 5.75 Å². The number of benzene rings is 3. The predicted molar refractivity (Wildman–Crippen MR) is 107 cm³/mol. The third kappa shape index (κ3) is 4.69. The van der Waals surface area contributed by atoms with Crippen LogP contribution >= 0.6 is 7.92 Å². The molecular weight excluding hydrogens is 327 g/mol. The van der Waals surface area contributed by atoms with Crippen molar-refractivity contribution in [3.05, 3.63) is 84.9 Å². The van der Waals surface area contributed by atoms with E-state index in [9.17, 15) is 0 Å². The normalized spacial score (nSPS) is 12.1. The molecule has 0 aliphatic heterocycles. The van der Waals surface area contributed by atoms with Gasteiger partial charge in [-0.1, -0.05) is 72.8 Å². The Morgan fingerprint density at radius 1 is 0.720 bits per heavy atom. The molecule has 0 aliphatic rings. The van der Waals surface area contributed by atoms with Crippen LogP contribution < -0.4 is 20.7 Å². The molecule has 0 fully saturated rings. The molecule has 3 rings (SSSR count). The van der Waals surface area contributed by atoms with Crippen molar-refractivity contribution in [2.24, 2.45) is 0 Å². The van der Waals surface area contributed by atoms with Gasteiger partial charge in [0.15, 0.2) is 0 Å². The van der Waals surface area contributed by atoms with Crippen LogP contribution in [0.1, 0.15) is 6.92 Å². The Hall–Kier alpha value is -2.15. The lowest BCUT2D eigenvalue weighted by Crippen LogP contribution is -2.21. The highest BCUT2D eigenvalue weighted by Gasteiger charge is 2.16. The second kappa shape index (κ2) is 8.80. The SMILES string of the molecule is COCC(C)Oc1ccc(P(c2ccccc2)c2ccccc2)cc1. The Morgan fingerprint density at radius 3 is 1.68 bits per heavy atom. The van der Waals surface area contributed by atoms with Gasteiger partial charge in [0.1, 0.15) is 11.9 Å². The number of ether oxygens (including phenoxy) is 2. The quantitative estimate of drug-likeness (QED) is 0.603. The van der Waals surface area contributed by atoms with Gasteiger partial charge in [0.05, 0.1) is 6.61 Å². The van der Waals surface area contributed by atoms with E-state index in [1.165, 1.54) is 15.9 Å². The molecule has 1 unspecified atom stereocenters. The molecule has 2 nitrogen and oxygen atoms in total. The van der Waals surface area contributed by atoms with E-state index in [-0.39, 0.29) is 6.10 Å². The summed E-state index contributed by atoms with van der Waals surface area (Å²) < 4.78 is 11.0. The summed E-state index contributed by atoms with van der Waals surface area (Å²) in [5, 5.41) is 4.02. The van der Waals surface area contributed by atoms with Gasteiger partial charge in [-0.2, -0.15) is 0 Å². The molecule has 3 aromatic carbocycles. The Balaban J connectivity index is 1.89. The summed E-state index contributed by atoms with van der Waals surface area (Å²) in [6.07, 6.45) is 0.0422. The first-order valence-corrected chi connectivity index (χ1v) is 9.78. The minimum atomic E-state index is -0.566. The first-order chi connectivity index (χ1) is 12.3. The lowest BCUT2D eigenvalue weighted by atomic mass is 10.3. The number of methoxy groups -OCH3 is 1. The molecule has 0 heterocycles. The van der Waals surface area contributed by atoms with Crippen molar-refractivity contribution in [3.8, 4) is 5.75 Å². The molecule has 0 amide bonds. The summed E-state index contributed by atoms with van der Waals surface area (Å²) in [7, 11) is 1.12. The van der Waals surface area contributed by atoms with Crippen molar-refractivity contribution in [3.63, 3.8) is 0 Å². The lowest BCUT2D eigenvalue weighted by molar-refractivity contribution is 0.0921. The molecule has 3 aromatic rings. The topological polar surface area (TPSA) is 18.5 Å². The van der Waals surface area contributed by atoms with E-state index in [0.29, 0.717) is 6.61 Å². The van der Waals surface area contributed by atoms with Gasteiger partial charge in [-0.3, -0.25) is 0 Å². The molecule has 0 spiro atoms. The fourth-order valence-electron chi connectivity index (χ4n) is 2.78. The van der Waals surface area contributed by atoms with Crippen LogP contribution in [0.15, 0.2) is 84.9 Å². The van der Waals surface area contributed by atoms with Gasteiger partial charge in [-0.15, -0.1) is 0 Å². The van der Waals surface area contributed by atoms with Crippen LogP contribution in [0.3, 0.4) is 0 Å². The first kappa shape index (κ1) is 17.7. The van der Waals surface area contributed by atoms with Crippen LogP contribution in [0.4, 0.5) is 0 Å². The van der Waals surface area contributed by atoms with Gasteiger partial charge in [-0.05, 0) is 42.9 Å². The molecule has 0 N–H and O–H groups in total. The number of rotatable bonds is 7. The second-order valence-electron chi connectivity index (χ2n) is 5.88. The van der Waals surface area contributed by atoms with Crippen LogP contribution in [-0.2, 0) is 4.74 Å². The molecule has 0 bridgehead atoms. The molecule has 0 aliphatic carbocycles. The fourth-order valence-corrected chi connectivity index (χ4v) is 5.06. The third-order valence-electron chi connectivity index (χ3n) is 3.86. The Kier molecular flexibility index (Phi) is 6.22. The average molecular weight is 350 g/mol. The number of hydrogen-bond acceptors (Lipinski definition) is 2. The highest BCUT2D eigenvalue weighted by molar-refractivity contribution is 7.79. The van der Waals surface area contributed by atoms with E-state index in [4.69, 9.17) is 9.47 Å². The average Bonchev–Trinajstić information content (AvgIpc) is 2.65. The van der Waals surface area contributed by atoms with Crippen molar-refractivity contribution >= 4 is 23.8 Å². The third-order valence-corrected chi connectivity index (χ3v) is 6.31. The maximum atomic E-state index is 5.88. The summed E-state index contributed by atoms with van der Waals surface area (Å²) in [5.74, 6) is 0.879. The van der Waals surface area contributed by atoms with Crippen molar-refractivity contribution in [2.75, 3.05) is 13.7 Å². The van der Waals surface area contributed by atoms with Gasteiger partial charge >= 0.3 is 0 Å². The van der Waals surface area contributed by atoms with Gasteiger partial charge in [-0.25, -0.2) is 0 Å².